The van der Waals surface area contributed by atoms with E-state index in [0.29, 0.717) is 23.4 Å². The fourth-order valence-electron chi connectivity index (χ4n) is 2.70. The summed E-state index contributed by atoms with van der Waals surface area (Å²) >= 11 is 1.57. The van der Waals surface area contributed by atoms with Gasteiger partial charge in [-0.1, -0.05) is 17.8 Å². The number of rotatable bonds is 7. The number of ether oxygens (including phenoxy) is 1. The van der Waals surface area contributed by atoms with E-state index in [4.69, 9.17) is 10.5 Å². The van der Waals surface area contributed by atoms with Crippen molar-refractivity contribution in [2.45, 2.75) is 42.9 Å². The highest BCUT2D eigenvalue weighted by Gasteiger charge is 2.36. The van der Waals surface area contributed by atoms with Gasteiger partial charge in [0, 0.05) is 12.2 Å². The lowest BCUT2D eigenvalue weighted by Crippen LogP contribution is -2.24. The third kappa shape index (κ3) is 3.25. The highest BCUT2D eigenvalue weighted by atomic mass is 32.2. The van der Waals surface area contributed by atoms with Gasteiger partial charge in [-0.3, -0.25) is 4.57 Å². The van der Waals surface area contributed by atoms with Gasteiger partial charge in [-0.05, 0) is 12.8 Å². The summed E-state index contributed by atoms with van der Waals surface area (Å²) < 4.78 is 7.61. The third-order valence-electron chi connectivity index (χ3n) is 3.93. The Morgan fingerprint density at radius 3 is 3.04 bits per heavy atom. The van der Waals surface area contributed by atoms with Crippen molar-refractivity contribution < 1.29 is 14.9 Å². The zero-order valence-corrected chi connectivity index (χ0v) is 14.0. The summed E-state index contributed by atoms with van der Waals surface area (Å²) in [4.78, 5) is 12.8. The topological polar surface area (TPSA) is 119 Å². The number of fused-ring (bicyclic) bond motifs is 1. The fourth-order valence-corrected chi connectivity index (χ4v) is 3.69. The van der Waals surface area contributed by atoms with E-state index in [2.05, 4.69) is 21.5 Å². The van der Waals surface area contributed by atoms with Crippen molar-refractivity contribution in [2.75, 3.05) is 18.1 Å². The summed E-state index contributed by atoms with van der Waals surface area (Å²) in [6.45, 7) is 3.49. The number of unbranched alkanes of at least 4 members (excludes halogenated alkanes) is 1. The highest BCUT2D eigenvalue weighted by molar-refractivity contribution is 7.99. The Morgan fingerprint density at radius 2 is 2.33 bits per heavy atom. The second-order valence-corrected chi connectivity index (χ2v) is 6.65. The van der Waals surface area contributed by atoms with Crippen molar-refractivity contribution in [3.05, 3.63) is 19.0 Å². The monoisotopic (exact) mass is 351 g/mol. The number of aromatic nitrogens is 4. The van der Waals surface area contributed by atoms with Gasteiger partial charge < -0.3 is 20.7 Å². The number of allylic oxidation sites excluding steroid dienone is 1. The van der Waals surface area contributed by atoms with E-state index in [1.165, 1.54) is 6.33 Å². The van der Waals surface area contributed by atoms with Crippen LogP contribution in [0.2, 0.25) is 0 Å². The molecule has 1 aliphatic rings. The van der Waals surface area contributed by atoms with Gasteiger partial charge in [0.15, 0.2) is 22.1 Å². The predicted octanol–water partition coefficient (Wildman–Crippen LogP) is 1.11. The van der Waals surface area contributed by atoms with Gasteiger partial charge in [0.1, 0.15) is 18.7 Å². The van der Waals surface area contributed by atoms with Crippen LogP contribution in [0.5, 0.6) is 0 Å². The van der Waals surface area contributed by atoms with E-state index in [9.17, 15) is 10.2 Å². The minimum Gasteiger partial charge on any atom is -0.394 e. The van der Waals surface area contributed by atoms with E-state index in [-0.39, 0.29) is 6.61 Å². The molecule has 130 valence electrons. The Bertz CT molecular complexity index is 722. The summed E-state index contributed by atoms with van der Waals surface area (Å²) in [5.41, 5.74) is 7.01. The summed E-state index contributed by atoms with van der Waals surface area (Å²) in [7, 11) is 0. The highest BCUT2D eigenvalue weighted by Crippen LogP contribution is 2.36. The number of anilines is 1. The molecule has 0 spiro atoms. The molecule has 4 N–H and O–H groups in total. The zero-order valence-electron chi connectivity index (χ0n) is 13.2. The van der Waals surface area contributed by atoms with Gasteiger partial charge in [0.25, 0.3) is 0 Å². The smallest absolute Gasteiger partial charge is 0.172 e. The third-order valence-corrected chi connectivity index (χ3v) is 4.97. The maximum absolute atomic E-state index is 10.0. The molecule has 8 nitrogen and oxygen atoms in total. The van der Waals surface area contributed by atoms with Crippen LogP contribution in [0.15, 0.2) is 24.1 Å². The lowest BCUT2D eigenvalue weighted by atomic mass is 10.2. The zero-order chi connectivity index (χ0) is 17.1. The van der Waals surface area contributed by atoms with Crippen LogP contribution in [-0.4, -0.2) is 54.3 Å². The van der Waals surface area contributed by atoms with Gasteiger partial charge >= 0.3 is 0 Å². The van der Waals surface area contributed by atoms with Gasteiger partial charge in [0.05, 0.1) is 12.7 Å². The molecule has 3 rings (SSSR count). The van der Waals surface area contributed by atoms with Crippen molar-refractivity contribution >= 4 is 28.7 Å². The van der Waals surface area contributed by atoms with Crippen LogP contribution in [0, 0.1) is 0 Å². The van der Waals surface area contributed by atoms with Gasteiger partial charge in [-0.2, -0.15) is 0 Å². The van der Waals surface area contributed by atoms with Crippen molar-refractivity contribution in [2.24, 2.45) is 0 Å². The number of thioether (sulfide) groups is 1. The number of hydrogen-bond donors (Lipinski definition) is 3. The molecular weight excluding hydrogens is 330 g/mol. The second-order valence-electron chi connectivity index (χ2n) is 5.59. The molecule has 3 atom stereocenters. The van der Waals surface area contributed by atoms with Crippen LogP contribution in [0.3, 0.4) is 0 Å². The SMILES string of the molecule is C=CCCCSc1nc2c(N)ncnc2n1[C@H]1C[C@H](O)[C@@H](CO)O1. The van der Waals surface area contributed by atoms with Gasteiger partial charge in [-0.15, -0.1) is 6.58 Å². The van der Waals surface area contributed by atoms with Crippen LogP contribution < -0.4 is 5.73 Å². The minimum absolute atomic E-state index is 0.233. The molecule has 0 amide bonds. The average Bonchev–Trinajstić information content (AvgIpc) is 3.12. The van der Waals surface area contributed by atoms with Gasteiger partial charge in [-0.25, -0.2) is 15.0 Å². The number of nitrogens with two attached hydrogens (primary N) is 1. The van der Waals surface area contributed by atoms with E-state index >= 15 is 0 Å². The number of hydrogen-bond acceptors (Lipinski definition) is 8. The average molecular weight is 351 g/mol. The summed E-state index contributed by atoms with van der Waals surface area (Å²) in [5.74, 6) is 1.17. The predicted molar refractivity (Wildman–Crippen MR) is 91.5 cm³/mol. The number of nitrogens with zero attached hydrogens (tertiary/aromatic N) is 4. The standard InChI is InChI=1S/C15H21N5O3S/c1-2-3-4-5-24-15-19-12-13(16)17-8-18-14(12)20(15)11-6-9(22)10(7-21)23-11/h2,8-11,21-22H,1,3-7H2,(H2,16,17,18)/t9-,10+,11+/m0/s1. The molecule has 0 aromatic carbocycles. The quantitative estimate of drug-likeness (QED) is 0.385. The fraction of sp³-hybridized carbons (Fsp3) is 0.533. The summed E-state index contributed by atoms with van der Waals surface area (Å²) in [6, 6.07) is 0. The number of aliphatic hydroxyl groups is 2. The molecule has 2 aromatic rings. The molecule has 1 saturated heterocycles. The van der Waals surface area contributed by atoms with Crippen LogP contribution in [0.1, 0.15) is 25.5 Å². The normalized spacial score (nSPS) is 23.8. The first-order chi connectivity index (χ1) is 11.7. The molecule has 0 aliphatic carbocycles. The molecule has 2 aromatic heterocycles. The van der Waals surface area contributed by atoms with E-state index < -0.39 is 18.4 Å². The first-order valence-electron chi connectivity index (χ1n) is 7.82. The Balaban J connectivity index is 1.94. The molecule has 0 saturated carbocycles. The molecule has 0 unspecified atom stereocenters. The van der Waals surface area contributed by atoms with Gasteiger partial charge in [0.2, 0.25) is 0 Å². The molecule has 3 heterocycles. The van der Waals surface area contributed by atoms with Crippen LogP contribution in [0.4, 0.5) is 5.82 Å². The number of aliphatic hydroxyl groups excluding tert-OH is 2. The summed E-state index contributed by atoms with van der Waals surface area (Å²) in [5, 5.41) is 20.1. The Kier molecular flexibility index (Phi) is 5.34. The van der Waals surface area contributed by atoms with Crippen LogP contribution >= 0.6 is 11.8 Å². The number of imidazole rings is 1. The second kappa shape index (κ2) is 7.47. The Hall–Kier alpha value is -1.68. The molecule has 1 aliphatic heterocycles. The van der Waals surface area contributed by atoms with Crippen molar-refractivity contribution in [1.29, 1.82) is 0 Å². The maximum Gasteiger partial charge on any atom is 0.172 e. The molecule has 24 heavy (non-hydrogen) atoms. The molecule has 9 heteroatoms. The minimum atomic E-state index is -0.727. The van der Waals surface area contributed by atoms with Crippen LogP contribution in [-0.2, 0) is 4.74 Å². The lowest BCUT2D eigenvalue weighted by Gasteiger charge is -2.16. The first-order valence-corrected chi connectivity index (χ1v) is 8.80. The van der Waals surface area contributed by atoms with Crippen LogP contribution in [0.25, 0.3) is 11.2 Å². The lowest BCUT2D eigenvalue weighted by molar-refractivity contribution is -0.0457. The van der Waals surface area contributed by atoms with E-state index in [0.717, 1.165) is 23.8 Å². The molecule has 0 bridgehead atoms. The molecule has 1 fully saturated rings. The largest absolute Gasteiger partial charge is 0.394 e. The number of nitrogen functional groups attached to an aromatic ring is 1. The Morgan fingerprint density at radius 1 is 1.50 bits per heavy atom. The van der Waals surface area contributed by atoms with Crippen molar-refractivity contribution in [1.82, 2.24) is 19.5 Å². The Labute approximate surface area is 143 Å². The van der Waals surface area contributed by atoms with E-state index in [1.54, 1.807) is 11.8 Å². The van der Waals surface area contributed by atoms with E-state index in [1.807, 2.05) is 10.6 Å². The molecule has 0 radical (unpaired) electrons. The maximum atomic E-state index is 10.0. The van der Waals surface area contributed by atoms with Crippen molar-refractivity contribution in [3.8, 4) is 0 Å². The van der Waals surface area contributed by atoms with Crippen molar-refractivity contribution in [3.63, 3.8) is 0 Å². The summed E-state index contributed by atoms with van der Waals surface area (Å²) in [6.07, 6.45) is 3.76. The molecular formula is C15H21N5O3S. The first kappa shape index (κ1) is 17.2.